The van der Waals surface area contributed by atoms with E-state index in [1.54, 1.807) is 11.3 Å². The van der Waals surface area contributed by atoms with E-state index in [-0.39, 0.29) is 6.04 Å². The number of halogens is 1. The van der Waals surface area contributed by atoms with Crippen LogP contribution < -0.4 is 5.32 Å². The van der Waals surface area contributed by atoms with Crippen LogP contribution in [0.4, 0.5) is 0 Å². The maximum Gasteiger partial charge on any atom is 0.0702 e. The van der Waals surface area contributed by atoms with Gasteiger partial charge in [-0.25, -0.2) is 0 Å². The summed E-state index contributed by atoms with van der Waals surface area (Å²) in [7, 11) is 0. The Morgan fingerprint density at radius 1 is 1.41 bits per heavy atom. The largest absolute Gasteiger partial charge is 0.306 e. The van der Waals surface area contributed by atoms with Crippen molar-refractivity contribution in [1.82, 2.24) is 10.3 Å². The standard InChI is InChI=1S/C13H15BrN2S/c1-3-16-13(11-4-5-12(14)17-11)10-6-9(2)7-15-8-10/h4-8,13,16H,3H2,1-2H3. The Labute approximate surface area is 114 Å². The van der Waals surface area contributed by atoms with Crippen molar-refractivity contribution in [1.29, 1.82) is 0 Å². The Morgan fingerprint density at radius 2 is 2.24 bits per heavy atom. The molecule has 2 nitrogen and oxygen atoms in total. The number of aromatic nitrogens is 1. The summed E-state index contributed by atoms with van der Waals surface area (Å²) < 4.78 is 1.16. The van der Waals surface area contributed by atoms with Crippen LogP contribution in [0.3, 0.4) is 0 Å². The second-order valence-electron chi connectivity index (χ2n) is 3.93. The van der Waals surface area contributed by atoms with Gasteiger partial charge in [0.25, 0.3) is 0 Å². The molecule has 0 saturated heterocycles. The minimum Gasteiger partial charge on any atom is -0.306 e. The number of thiophene rings is 1. The molecule has 0 aliphatic carbocycles. The first-order valence-electron chi connectivity index (χ1n) is 5.61. The molecule has 1 unspecified atom stereocenters. The third kappa shape index (κ3) is 3.15. The molecule has 0 spiro atoms. The number of pyridine rings is 1. The molecule has 2 heterocycles. The van der Waals surface area contributed by atoms with Crippen LogP contribution in [0.15, 0.2) is 34.4 Å². The lowest BCUT2D eigenvalue weighted by Crippen LogP contribution is -2.21. The highest BCUT2D eigenvalue weighted by Crippen LogP contribution is 2.31. The van der Waals surface area contributed by atoms with E-state index in [4.69, 9.17) is 0 Å². The SMILES string of the molecule is CCNC(c1cncc(C)c1)c1ccc(Br)s1. The highest BCUT2D eigenvalue weighted by molar-refractivity contribution is 9.11. The summed E-state index contributed by atoms with van der Waals surface area (Å²) in [5.74, 6) is 0. The summed E-state index contributed by atoms with van der Waals surface area (Å²) in [4.78, 5) is 5.58. The van der Waals surface area contributed by atoms with Crippen LogP contribution in [0.1, 0.15) is 29.0 Å². The molecule has 1 N–H and O–H groups in total. The normalized spacial score (nSPS) is 12.6. The molecule has 0 amide bonds. The van der Waals surface area contributed by atoms with Crippen LogP contribution in [-0.2, 0) is 0 Å². The molecule has 2 aromatic heterocycles. The number of nitrogens with zero attached hydrogens (tertiary/aromatic N) is 1. The van der Waals surface area contributed by atoms with E-state index in [9.17, 15) is 0 Å². The van der Waals surface area contributed by atoms with Crippen LogP contribution in [-0.4, -0.2) is 11.5 Å². The highest BCUT2D eigenvalue weighted by Gasteiger charge is 2.15. The zero-order valence-electron chi connectivity index (χ0n) is 9.90. The fourth-order valence-electron chi connectivity index (χ4n) is 1.81. The predicted octanol–water partition coefficient (Wildman–Crippen LogP) is 3.91. The first-order chi connectivity index (χ1) is 8.20. The van der Waals surface area contributed by atoms with Gasteiger partial charge < -0.3 is 5.32 Å². The van der Waals surface area contributed by atoms with Gasteiger partial charge in [0.2, 0.25) is 0 Å². The molecule has 0 aromatic carbocycles. The summed E-state index contributed by atoms with van der Waals surface area (Å²) in [5, 5.41) is 3.51. The molecule has 90 valence electrons. The van der Waals surface area contributed by atoms with E-state index in [0.29, 0.717) is 0 Å². The third-order valence-corrected chi connectivity index (χ3v) is 4.20. The van der Waals surface area contributed by atoms with Crippen molar-refractivity contribution in [3.8, 4) is 0 Å². The number of aryl methyl sites for hydroxylation is 1. The van der Waals surface area contributed by atoms with Gasteiger partial charge in [-0.2, -0.15) is 0 Å². The van der Waals surface area contributed by atoms with Crippen molar-refractivity contribution in [3.05, 3.63) is 50.4 Å². The molecule has 2 rings (SSSR count). The van der Waals surface area contributed by atoms with Gasteiger partial charge in [0.05, 0.1) is 9.83 Å². The number of rotatable bonds is 4. The van der Waals surface area contributed by atoms with E-state index in [1.165, 1.54) is 16.0 Å². The van der Waals surface area contributed by atoms with Gasteiger partial charge in [-0.3, -0.25) is 4.98 Å². The fraction of sp³-hybridized carbons (Fsp3) is 0.308. The van der Waals surface area contributed by atoms with Crippen molar-refractivity contribution < 1.29 is 0 Å². The Kier molecular flexibility index (Phi) is 4.31. The molecule has 0 fully saturated rings. The minimum atomic E-state index is 0.240. The summed E-state index contributed by atoms with van der Waals surface area (Å²) in [6.07, 6.45) is 3.82. The van der Waals surface area contributed by atoms with Gasteiger partial charge in [-0.1, -0.05) is 13.0 Å². The van der Waals surface area contributed by atoms with Crippen molar-refractivity contribution in [2.24, 2.45) is 0 Å². The topological polar surface area (TPSA) is 24.9 Å². The smallest absolute Gasteiger partial charge is 0.0702 e. The van der Waals surface area contributed by atoms with Gasteiger partial charge in [0, 0.05) is 17.3 Å². The van der Waals surface area contributed by atoms with Crippen LogP contribution in [0, 0.1) is 6.92 Å². The first kappa shape index (κ1) is 12.7. The third-order valence-electron chi connectivity index (χ3n) is 2.52. The van der Waals surface area contributed by atoms with Gasteiger partial charge >= 0.3 is 0 Å². The van der Waals surface area contributed by atoms with Crippen LogP contribution in [0.5, 0.6) is 0 Å². The van der Waals surface area contributed by atoms with Crippen LogP contribution in [0.2, 0.25) is 0 Å². The summed E-state index contributed by atoms with van der Waals surface area (Å²) >= 11 is 5.28. The average molecular weight is 311 g/mol. The van der Waals surface area contributed by atoms with E-state index < -0.39 is 0 Å². The lowest BCUT2D eigenvalue weighted by molar-refractivity contribution is 0.637. The van der Waals surface area contributed by atoms with E-state index in [2.05, 4.69) is 58.3 Å². The first-order valence-corrected chi connectivity index (χ1v) is 7.22. The Morgan fingerprint density at radius 3 is 2.82 bits per heavy atom. The van der Waals surface area contributed by atoms with Gasteiger partial charge in [-0.05, 0) is 52.7 Å². The summed E-state index contributed by atoms with van der Waals surface area (Å²) in [6.45, 7) is 5.14. The molecular weight excluding hydrogens is 296 g/mol. The van der Waals surface area contributed by atoms with Gasteiger partial charge in [0.15, 0.2) is 0 Å². The molecule has 1 atom stereocenters. The number of nitrogens with one attached hydrogen (secondary N) is 1. The summed E-state index contributed by atoms with van der Waals surface area (Å²) in [6, 6.07) is 6.68. The summed E-state index contributed by atoms with van der Waals surface area (Å²) in [5.41, 5.74) is 2.42. The van der Waals surface area contributed by atoms with E-state index >= 15 is 0 Å². The van der Waals surface area contributed by atoms with E-state index in [1.807, 2.05) is 12.4 Å². The molecule has 17 heavy (non-hydrogen) atoms. The van der Waals surface area contributed by atoms with Crippen LogP contribution >= 0.6 is 27.3 Å². The lowest BCUT2D eigenvalue weighted by Gasteiger charge is -2.16. The Bertz CT molecular complexity index is 496. The number of hydrogen-bond donors (Lipinski definition) is 1. The van der Waals surface area contributed by atoms with Crippen LogP contribution in [0.25, 0.3) is 0 Å². The molecule has 0 radical (unpaired) electrons. The second-order valence-corrected chi connectivity index (χ2v) is 6.42. The van der Waals surface area contributed by atoms with Crippen molar-refractivity contribution in [3.63, 3.8) is 0 Å². The van der Waals surface area contributed by atoms with Crippen molar-refractivity contribution in [2.75, 3.05) is 6.54 Å². The predicted molar refractivity (Wildman–Crippen MR) is 76.5 cm³/mol. The quantitative estimate of drug-likeness (QED) is 0.926. The zero-order chi connectivity index (χ0) is 12.3. The maximum absolute atomic E-state index is 4.27. The zero-order valence-corrected chi connectivity index (χ0v) is 12.3. The molecule has 0 aliphatic heterocycles. The average Bonchev–Trinajstić information content (AvgIpc) is 2.72. The molecular formula is C13H15BrN2S. The number of hydrogen-bond acceptors (Lipinski definition) is 3. The minimum absolute atomic E-state index is 0.240. The Hall–Kier alpha value is -0.710. The molecule has 2 aromatic rings. The maximum atomic E-state index is 4.27. The van der Waals surface area contributed by atoms with E-state index in [0.717, 1.165) is 10.3 Å². The monoisotopic (exact) mass is 310 g/mol. The van der Waals surface area contributed by atoms with Crippen molar-refractivity contribution >= 4 is 27.3 Å². The van der Waals surface area contributed by atoms with Gasteiger partial charge in [0.1, 0.15) is 0 Å². The van der Waals surface area contributed by atoms with Crippen molar-refractivity contribution in [2.45, 2.75) is 19.9 Å². The molecule has 0 aliphatic rings. The molecule has 0 bridgehead atoms. The highest BCUT2D eigenvalue weighted by atomic mass is 79.9. The lowest BCUT2D eigenvalue weighted by atomic mass is 10.1. The second kappa shape index (κ2) is 5.76. The fourth-order valence-corrected chi connectivity index (χ4v) is 3.33. The molecule has 4 heteroatoms. The Balaban J connectivity index is 2.35. The van der Waals surface area contributed by atoms with Gasteiger partial charge in [-0.15, -0.1) is 11.3 Å². The molecule has 0 saturated carbocycles.